The fourth-order valence-corrected chi connectivity index (χ4v) is 2.55. The Morgan fingerprint density at radius 3 is 2.71 bits per heavy atom. The Bertz CT molecular complexity index is 800. The van der Waals surface area contributed by atoms with Gasteiger partial charge in [0.2, 0.25) is 0 Å². The van der Waals surface area contributed by atoms with Crippen molar-refractivity contribution in [2.75, 3.05) is 0 Å². The third kappa shape index (κ3) is 2.40. The average Bonchev–Trinajstić information content (AvgIpc) is 2.91. The number of nitrogens with zero attached hydrogens (tertiary/aromatic N) is 2. The molecule has 106 valence electrons. The number of rotatable bonds is 4. The molecule has 3 rings (SSSR count). The number of fused-ring (bicyclic) bond motifs is 1. The highest BCUT2D eigenvalue weighted by atomic mass is 16.4. The van der Waals surface area contributed by atoms with Gasteiger partial charge >= 0.3 is 5.97 Å². The highest BCUT2D eigenvalue weighted by Crippen LogP contribution is 2.30. The maximum absolute atomic E-state index is 11.5. The topological polar surface area (TPSA) is 55.1 Å². The van der Waals surface area contributed by atoms with E-state index in [1.165, 1.54) is 0 Å². The van der Waals surface area contributed by atoms with Crippen LogP contribution in [0, 0.1) is 0 Å². The standard InChI is InChI=1S/C17H16N2O2/c1-2-10-19-11-15(17(20)21)16(18-19)14-9-5-7-12-6-3-4-8-13(12)14/h3-9,11H,2,10H2,1H3,(H,20,21). The molecule has 0 bridgehead atoms. The molecule has 0 unspecified atom stereocenters. The van der Waals surface area contributed by atoms with Crippen molar-refractivity contribution in [3.8, 4) is 11.3 Å². The van der Waals surface area contributed by atoms with Crippen molar-refractivity contribution in [1.82, 2.24) is 9.78 Å². The number of aromatic nitrogens is 2. The molecule has 1 heterocycles. The zero-order valence-electron chi connectivity index (χ0n) is 11.8. The quantitative estimate of drug-likeness (QED) is 0.790. The van der Waals surface area contributed by atoms with Gasteiger partial charge in [0.05, 0.1) is 0 Å². The van der Waals surface area contributed by atoms with Crippen LogP contribution in [-0.2, 0) is 6.54 Å². The molecule has 3 aromatic rings. The predicted molar refractivity (Wildman–Crippen MR) is 82.4 cm³/mol. The van der Waals surface area contributed by atoms with Gasteiger partial charge in [0.25, 0.3) is 0 Å². The molecule has 0 radical (unpaired) electrons. The minimum atomic E-state index is -0.944. The lowest BCUT2D eigenvalue weighted by Crippen LogP contribution is -1.97. The molecule has 4 heteroatoms. The van der Waals surface area contributed by atoms with Crippen LogP contribution in [0.4, 0.5) is 0 Å². The van der Waals surface area contributed by atoms with Crippen LogP contribution in [0.15, 0.2) is 48.7 Å². The number of carboxylic acids is 1. The molecule has 0 atom stereocenters. The van der Waals surface area contributed by atoms with Crippen LogP contribution >= 0.6 is 0 Å². The van der Waals surface area contributed by atoms with Crippen LogP contribution in [0.3, 0.4) is 0 Å². The van der Waals surface area contributed by atoms with Crippen LogP contribution in [0.1, 0.15) is 23.7 Å². The molecular formula is C17H16N2O2. The highest BCUT2D eigenvalue weighted by molar-refractivity contribution is 6.02. The first-order chi connectivity index (χ1) is 10.2. The summed E-state index contributed by atoms with van der Waals surface area (Å²) >= 11 is 0. The first kappa shape index (κ1) is 13.4. The summed E-state index contributed by atoms with van der Waals surface area (Å²) in [7, 11) is 0. The largest absolute Gasteiger partial charge is 0.478 e. The minimum absolute atomic E-state index is 0.250. The van der Waals surface area contributed by atoms with E-state index in [0.717, 1.165) is 22.8 Å². The molecular weight excluding hydrogens is 264 g/mol. The first-order valence-electron chi connectivity index (χ1n) is 6.99. The number of carboxylic acid groups (broad SMARTS) is 1. The van der Waals surface area contributed by atoms with E-state index in [0.29, 0.717) is 12.2 Å². The van der Waals surface area contributed by atoms with Gasteiger partial charge in [-0.15, -0.1) is 0 Å². The molecule has 0 saturated heterocycles. The number of hydrogen-bond acceptors (Lipinski definition) is 2. The summed E-state index contributed by atoms with van der Waals surface area (Å²) in [6.45, 7) is 2.75. The smallest absolute Gasteiger partial charge is 0.339 e. The van der Waals surface area contributed by atoms with E-state index < -0.39 is 5.97 Å². The molecule has 0 aliphatic rings. The molecule has 21 heavy (non-hydrogen) atoms. The highest BCUT2D eigenvalue weighted by Gasteiger charge is 2.18. The zero-order chi connectivity index (χ0) is 14.8. The Labute approximate surface area is 122 Å². The van der Waals surface area contributed by atoms with Crippen molar-refractivity contribution in [2.45, 2.75) is 19.9 Å². The van der Waals surface area contributed by atoms with Crippen LogP contribution in [-0.4, -0.2) is 20.9 Å². The van der Waals surface area contributed by atoms with Gasteiger partial charge in [0.15, 0.2) is 0 Å². The molecule has 0 amide bonds. The minimum Gasteiger partial charge on any atom is -0.478 e. The number of aromatic carboxylic acids is 1. The van der Waals surface area contributed by atoms with E-state index >= 15 is 0 Å². The van der Waals surface area contributed by atoms with Crippen LogP contribution < -0.4 is 0 Å². The molecule has 2 aromatic carbocycles. The molecule has 0 aliphatic carbocycles. The van der Waals surface area contributed by atoms with Crippen molar-refractivity contribution < 1.29 is 9.90 Å². The van der Waals surface area contributed by atoms with E-state index in [4.69, 9.17) is 0 Å². The normalized spacial score (nSPS) is 10.9. The number of benzene rings is 2. The lowest BCUT2D eigenvalue weighted by Gasteiger charge is -2.05. The Kier molecular flexibility index (Phi) is 3.44. The van der Waals surface area contributed by atoms with Crippen molar-refractivity contribution in [3.63, 3.8) is 0 Å². The zero-order valence-corrected chi connectivity index (χ0v) is 11.8. The van der Waals surface area contributed by atoms with E-state index in [2.05, 4.69) is 5.10 Å². The Morgan fingerprint density at radius 1 is 1.19 bits per heavy atom. The lowest BCUT2D eigenvalue weighted by molar-refractivity contribution is 0.0697. The second-order valence-electron chi connectivity index (χ2n) is 4.99. The number of hydrogen-bond donors (Lipinski definition) is 1. The Morgan fingerprint density at radius 2 is 1.95 bits per heavy atom. The van der Waals surface area contributed by atoms with Crippen LogP contribution in [0.5, 0.6) is 0 Å². The monoisotopic (exact) mass is 280 g/mol. The average molecular weight is 280 g/mol. The molecule has 1 aromatic heterocycles. The lowest BCUT2D eigenvalue weighted by atomic mass is 10.0. The summed E-state index contributed by atoms with van der Waals surface area (Å²) in [4.78, 5) is 11.5. The van der Waals surface area contributed by atoms with Crippen molar-refractivity contribution >= 4 is 16.7 Å². The van der Waals surface area contributed by atoms with Gasteiger partial charge in [-0.05, 0) is 17.2 Å². The molecule has 0 fully saturated rings. The van der Waals surface area contributed by atoms with Gasteiger partial charge in [-0.25, -0.2) is 4.79 Å². The molecule has 1 N–H and O–H groups in total. The summed E-state index contributed by atoms with van der Waals surface area (Å²) in [5.41, 5.74) is 1.65. The Balaban J connectivity index is 2.24. The van der Waals surface area contributed by atoms with Crippen LogP contribution in [0.2, 0.25) is 0 Å². The number of carbonyl (C=O) groups is 1. The maximum atomic E-state index is 11.5. The summed E-state index contributed by atoms with van der Waals surface area (Å²) < 4.78 is 1.71. The Hall–Kier alpha value is -2.62. The van der Waals surface area contributed by atoms with Gasteiger partial charge in [-0.3, -0.25) is 4.68 Å². The van der Waals surface area contributed by atoms with Gasteiger partial charge < -0.3 is 5.11 Å². The third-order valence-corrected chi connectivity index (χ3v) is 3.49. The fourth-order valence-electron chi connectivity index (χ4n) is 2.55. The van der Waals surface area contributed by atoms with E-state index in [1.54, 1.807) is 10.9 Å². The van der Waals surface area contributed by atoms with Crippen molar-refractivity contribution in [3.05, 3.63) is 54.2 Å². The van der Waals surface area contributed by atoms with Gasteiger partial charge in [0, 0.05) is 18.3 Å². The SMILES string of the molecule is CCCn1cc(C(=O)O)c(-c2cccc3ccccc23)n1. The number of aryl methyl sites for hydroxylation is 1. The van der Waals surface area contributed by atoms with Crippen LogP contribution in [0.25, 0.3) is 22.0 Å². The summed E-state index contributed by atoms with van der Waals surface area (Å²) in [6.07, 6.45) is 2.53. The van der Waals surface area contributed by atoms with Crippen molar-refractivity contribution in [1.29, 1.82) is 0 Å². The molecule has 0 spiro atoms. The third-order valence-electron chi connectivity index (χ3n) is 3.49. The second-order valence-corrected chi connectivity index (χ2v) is 4.99. The van der Waals surface area contributed by atoms with E-state index in [1.807, 2.05) is 49.4 Å². The molecule has 4 nitrogen and oxygen atoms in total. The summed E-state index contributed by atoms with van der Waals surface area (Å²) in [5, 5.41) is 16.0. The summed E-state index contributed by atoms with van der Waals surface area (Å²) in [5.74, 6) is -0.944. The van der Waals surface area contributed by atoms with Crippen molar-refractivity contribution in [2.24, 2.45) is 0 Å². The predicted octanol–water partition coefficient (Wildman–Crippen LogP) is 3.81. The van der Waals surface area contributed by atoms with E-state index in [9.17, 15) is 9.90 Å². The second kappa shape index (κ2) is 5.40. The van der Waals surface area contributed by atoms with Gasteiger partial charge in [0.1, 0.15) is 11.3 Å². The first-order valence-corrected chi connectivity index (χ1v) is 6.99. The van der Waals surface area contributed by atoms with Gasteiger partial charge in [-0.1, -0.05) is 49.4 Å². The molecule has 0 aliphatic heterocycles. The maximum Gasteiger partial charge on any atom is 0.339 e. The van der Waals surface area contributed by atoms with Gasteiger partial charge in [-0.2, -0.15) is 5.10 Å². The fraction of sp³-hybridized carbons (Fsp3) is 0.176. The summed E-state index contributed by atoms with van der Waals surface area (Å²) in [6, 6.07) is 13.8. The molecule has 0 saturated carbocycles. The van der Waals surface area contributed by atoms with E-state index in [-0.39, 0.29) is 5.56 Å².